The van der Waals surface area contributed by atoms with Crippen LogP contribution in [0.2, 0.25) is 0 Å². The van der Waals surface area contributed by atoms with Crippen LogP contribution < -0.4 is 10.5 Å². The Morgan fingerprint density at radius 3 is 2.17 bits per heavy atom. The van der Waals surface area contributed by atoms with Crippen molar-refractivity contribution in [2.75, 3.05) is 14.2 Å². The van der Waals surface area contributed by atoms with Gasteiger partial charge in [0.1, 0.15) is 35.1 Å². The van der Waals surface area contributed by atoms with Gasteiger partial charge in [0.05, 0.1) is 12.7 Å². The molecule has 0 aromatic heterocycles. The van der Waals surface area contributed by atoms with E-state index in [1.54, 1.807) is 36.4 Å². The van der Waals surface area contributed by atoms with Gasteiger partial charge >= 0.3 is 0 Å². The summed E-state index contributed by atoms with van der Waals surface area (Å²) < 4.78 is 16.1. The highest BCUT2D eigenvalue weighted by molar-refractivity contribution is 5.62. The Kier molecular flexibility index (Phi) is 4.23. The van der Waals surface area contributed by atoms with E-state index in [-0.39, 0.29) is 22.6 Å². The first-order chi connectivity index (χ1) is 11.1. The van der Waals surface area contributed by atoms with Crippen molar-refractivity contribution in [1.29, 1.82) is 15.8 Å². The topological polar surface area (TPSA) is 125 Å². The molecule has 7 heteroatoms. The maximum Gasteiger partial charge on any atom is 0.269 e. The summed E-state index contributed by atoms with van der Waals surface area (Å²) in [5, 5.41) is 27.7. The Hall–Kier alpha value is -3.47. The molecule has 0 spiro atoms. The number of nitriles is 3. The standard InChI is InChI=1S/C16H12N4O3/c1-21-12-5-3-11(4-6-12)16(22-2)14(10(7-17)8-18)13(9-19)15(20)23-16/h3-6H,20H2,1-2H3. The Bertz CT molecular complexity index is 803. The molecule has 7 nitrogen and oxygen atoms in total. The van der Waals surface area contributed by atoms with E-state index in [4.69, 9.17) is 19.9 Å². The smallest absolute Gasteiger partial charge is 0.269 e. The van der Waals surface area contributed by atoms with Gasteiger partial charge in [0.2, 0.25) is 5.88 Å². The van der Waals surface area contributed by atoms with Gasteiger partial charge in [-0.15, -0.1) is 0 Å². The Labute approximate surface area is 133 Å². The molecule has 23 heavy (non-hydrogen) atoms. The third kappa shape index (κ3) is 2.34. The average molecular weight is 308 g/mol. The highest BCUT2D eigenvalue weighted by Crippen LogP contribution is 2.46. The lowest BCUT2D eigenvalue weighted by atomic mass is 9.90. The minimum atomic E-state index is -1.64. The third-order valence-corrected chi connectivity index (χ3v) is 3.42. The summed E-state index contributed by atoms with van der Waals surface area (Å²) in [5.41, 5.74) is 5.81. The van der Waals surface area contributed by atoms with E-state index < -0.39 is 5.79 Å². The molecule has 2 rings (SSSR count). The minimum absolute atomic E-state index is 0.00448. The molecule has 0 aliphatic carbocycles. The summed E-state index contributed by atoms with van der Waals surface area (Å²) >= 11 is 0. The number of nitrogens with two attached hydrogens (primary N) is 1. The van der Waals surface area contributed by atoms with Crippen molar-refractivity contribution in [3.05, 3.63) is 52.4 Å². The van der Waals surface area contributed by atoms with Crippen molar-refractivity contribution < 1.29 is 14.2 Å². The second kappa shape index (κ2) is 6.11. The van der Waals surface area contributed by atoms with Gasteiger partial charge in [-0.25, -0.2) is 0 Å². The minimum Gasteiger partial charge on any atom is -0.497 e. The molecule has 1 aromatic carbocycles. The maximum absolute atomic E-state index is 9.31. The Morgan fingerprint density at radius 1 is 1.13 bits per heavy atom. The van der Waals surface area contributed by atoms with Crippen molar-refractivity contribution >= 4 is 0 Å². The second-order valence-corrected chi connectivity index (χ2v) is 4.48. The van der Waals surface area contributed by atoms with Crippen LogP contribution in [0.25, 0.3) is 0 Å². The van der Waals surface area contributed by atoms with Gasteiger partial charge in [-0.3, -0.25) is 0 Å². The van der Waals surface area contributed by atoms with Gasteiger partial charge in [-0.1, -0.05) is 0 Å². The number of methoxy groups -OCH3 is 2. The number of rotatable bonds is 3. The fourth-order valence-electron chi connectivity index (χ4n) is 2.36. The van der Waals surface area contributed by atoms with Crippen LogP contribution in [0, 0.1) is 34.0 Å². The van der Waals surface area contributed by atoms with Crippen LogP contribution in [-0.2, 0) is 15.3 Å². The zero-order valence-corrected chi connectivity index (χ0v) is 12.5. The molecule has 1 aliphatic heterocycles. The number of ether oxygens (including phenoxy) is 3. The predicted molar refractivity (Wildman–Crippen MR) is 77.8 cm³/mol. The van der Waals surface area contributed by atoms with Crippen LogP contribution in [0.1, 0.15) is 5.56 Å². The molecular weight excluding hydrogens is 296 g/mol. The first kappa shape index (κ1) is 15.9. The van der Waals surface area contributed by atoms with E-state index in [1.165, 1.54) is 14.2 Å². The number of allylic oxidation sites excluding steroid dienone is 1. The molecule has 1 unspecified atom stereocenters. The van der Waals surface area contributed by atoms with Crippen LogP contribution in [0.4, 0.5) is 0 Å². The lowest BCUT2D eigenvalue weighted by molar-refractivity contribution is -0.167. The Balaban J connectivity index is 2.75. The third-order valence-electron chi connectivity index (χ3n) is 3.42. The largest absolute Gasteiger partial charge is 0.497 e. The summed E-state index contributed by atoms with van der Waals surface area (Å²) in [7, 11) is 2.86. The number of hydrogen-bond donors (Lipinski definition) is 1. The summed E-state index contributed by atoms with van der Waals surface area (Å²) in [6.45, 7) is 0. The molecule has 1 aromatic rings. The van der Waals surface area contributed by atoms with Crippen LogP contribution in [0.15, 0.2) is 46.9 Å². The van der Waals surface area contributed by atoms with Crippen LogP contribution in [0.5, 0.6) is 5.75 Å². The van der Waals surface area contributed by atoms with Crippen LogP contribution in [-0.4, -0.2) is 14.2 Å². The van der Waals surface area contributed by atoms with Crippen molar-refractivity contribution in [2.24, 2.45) is 5.73 Å². The zero-order chi connectivity index (χ0) is 17.0. The number of hydrogen-bond acceptors (Lipinski definition) is 7. The number of benzene rings is 1. The van der Waals surface area contributed by atoms with Crippen LogP contribution >= 0.6 is 0 Å². The fourth-order valence-corrected chi connectivity index (χ4v) is 2.36. The zero-order valence-electron chi connectivity index (χ0n) is 12.5. The molecule has 2 N–H and O–H groups in total. The summed E-state index contributed by atoms with van der Waals surface area (Å²) in [6.07, 6.45) is 0. The van der Waals surface area contributed by atoms with E-state index in [0.29, 0.717) is 11.3 Å². The summed E-state index contributed by atoms with van der Waals surface area (Å²) in [6, 6.07) is 12.0. The molecule has 0 bridgehead atoms. The van der Waals surface area contributed by atoms with Crippen molar-refractivity contribution in [3.63, 3.8) is 0 Å². The molecule has 1 aliphatic rings. The molecule has 1 atom stereocenters. The SMILES string of the molecule is COc1ccc(C2(OC)OC(N)=C(C#N)C2=C(C#N)C#N)cc1. The van der Waals surface area contributed by atoms with E-state index in [2.05, 4.69) is 0 Å². The maximum atomic E-state index is 9.31. The average Bonchev–Trinajstić information content (AvgIpc) is 2.89. The molecule has 0 saturated carbocycles. The highest BCUT2D eigenvalue weighted by atomic mass is 16.7. The predicted octanol–water partition coefficient (Wildman–Crippen LogP) is 1.56. The van der Waals surface area contributed by atoms with Gasteiger partial charge in [-0.2, -0.15) is 15.8 Å². The van der Waals surface area contributed by atoms with Gasteiger partial charge in [-0.05, 0) is 24.3 Å². The Morgan fingerprint density at radius 2 is 1.74 bits per heavy atom. The quantitative estimate of drug-likeness (QED) is 0.840. The molecular formula is C16H12N4O3. The van der Waals surface area contributed by atoms with Gasteiger partial charge < -0.3 is 19.9 Å². The molecule has 1 heterocycles. The van der Waals surface area contributed by atoms with Crippen molar-refractivity contribution in [3.8, 4) is 24.0 Å². The van der Waals surface area contributed by atoms with Gasteiger partial charge in [0.15, 0.2) is 0 Å². The molecule has 0 amide bonds. The highest BCUT2D eigenvalue weighted by Gasteiger charge is 2.50. The van der Waals surface area contributed by atoms with Gasteiger partial charge in [0, 0.05) is 12.7 Å². The van der Waals surface area contributed by atoms with Crippen LogP contribution in [0.3, 0.4) is 0 Å². The summed E-state index contributed by atoms with van der Waals surface area (Å²) in [4.78, 5) is 0. The molecule has 0 fully saturated rings. The van der Waals surface area contributed by atoms with E-state index >= 15 is 0 Å². The van der Waals surface area contributed by atoms with E-state index in [0.717, 1.165) is 0 Å². The molecule has 0 saturated heterocycles. The molecule has 0 radical (unpaired) electrons. The summed E-state index contributed by atoms with van der Waals surface area (Å²) in [5.74, 6) is -1.24. The lowest BCUT2D eigenvalue weighted by Crippen LogP contribution is -2.32. The fraction of sp³-hybridized carbons (Fsp3) is 0.188. The number of nitrogens with zero attached hydrogens (tertiary/aromatic N) is 3. The first-order valence-electron chi connectivity index (χ1n) is 6.41. The van der Waals surface area contributed by atoms with E-state index in [9.17, 15) is 15.8 Å². The second-order valence-electron chi connectivity index (χ2n) is 4.48. The van der Waals surface area contributed by atoms with Gasteiger partial charge in [0.25, 0.3) is 5.79 Å². The first-order valence-corrected chi connectivity index (χ1v) is 6.41. The van der Waals surface area contributed by atoms with Crippen molar-refractivity contribution in [2.45, 2.75) is 5.79 Å². The van der Waals surface area contributed by atoms with Crippen molar-refractivity contribution in [1.82, 2.24) is 0 Å². The normalized spacial score (nSPS) is 19.3. The molecule has 114 valence electrons. The lowest BCUT2D eigenvalue weighted by Gasteiger charge is -2.29. The monoisotopic (exact) mass is 308 g/mol. The van der Waals surface area contributed by atoms with E-state index in [1.807, 2.05) is 6.07 Å².